The molecule has 26 heavy (non-hydrogen) atoms. The largest absolute Gasteiger partial charge is 0.497 e. The molecule has 1 aliphatic heterocycles. The van der Waals surface area contributed by atoms with Crippen molar-refractivity contribution in [3.8, 4) is 17.2 Å². The van der Waals surface area contributed by atoms with E-state index >= 15 is 0 Å². The number of hydrazone groups is 1. The molecule has 0 atom stereocenters. The molecule has 2 aromatic carbocycles. The zero-order valence-electron chi connectivity index (χ0n) is 15.0. The molecule has 0 saturated carbocycles. The number of aryl methyl sites for hydroxylation is 2. The van der Waals surface area contributed by atoms with Crippen molar-refractivity contribution in [3.05, 3.63) is 53.1 Å². The number of hydrogen-bond donors (Lipinski definition) is 1. The second-order valence-electron chi connectivity index (χ2n) is 6.05. The van der Waals surface area contributed by atoms with Crippen LogP contribution in [0.5, 0.6) is 17.2 Å². The van der Waals surface area contributed by atoms with Crippen molar-refractivity contribution in [1.82, 2.24) is 5.43 Å². The molecule has 0 saturated heterocycles. The van der Waals surface area contributed by atoms with Gasteiger partial charge in [0.1, 0.15) is 5.75 Å². The Hall–Kier alpha value is -3.02. The number of hydrogen-bond acceptors (Lipinski definition) is 5. The molecule has 3 rings (SSSR count). The van der Waals surface area contributed by atoms with Crippen molar-refractivity contribution in [2.24, 2.45) is 5.10 Å². The summed E-state index contributed by atoms with van der Waals surface area (Å²) in [5, 5.41) is 4.00. The van der Waals surface area contributed by atoms with Crippen LogP contribution in [0, 0.1) is 6.92 Å². The predicted molar refractivity (Wildman–Crippen MR) is 99.0 cm³/mol. The maximum Gasteiger partial charge on any atom is 0.240 e. The molecule has 0 fully saturated rings. The van der Waals surface area contributed by atoms with Gasteiger partial charge in [-0.25, -0.2) is 5.43 Å². The van der Waals surface area contributed by atoms with E-state index in [1.807, 2.05) is 43.3 Å². The Morgan fingerprint density at radius 3 is 2.88 bits per heavy atom. The average molecular weight is 354 g/mol. The standard InChI is InChI=1S/C20H22N2O4/c1-14-10-17(24-2)8-7-16(14)4-3-5-20(23)22-21-12-15-6-9-18-19(11-15)26-13-25-18/h6-12H,3-5,13H2,1-2H3,(H,22,23)/b21-12-. The van der Waals surface area contributed by atoms with Gasteiger partial charge in [0, 0.05) is 6.42 Å². The fourth-order valence-electron chi connectivity index (χ4n) is 2.74. The molecule has 0 bridgehead atoms. The van der Waals surface area contributed by atoms with E-state index in [1.54, 1.807) is 13.3 Å². The van der Waals surface area contributed by atoms with Crippen molar-refractivity contribution in [3.63, 3.8) is 0 Å². The molecule has 0 radical (unpaired) electrons. The van der Waals surface area contributed by atoms with Crippen molar-refractivity contribution >= 4 is 12.1 Å². The van der Waals surface area contributed by atoms with Gasteiger partial charge in [0.2, 0.25) is 12.7 Å². The topological polar surface area (TPSA) is 69.2 Å². The Bertz CT molecular complexity index is 817. The number of fused-ring (bicyclic) bond motifs is 1. The normalized spacial score (nSPS) is 12.4. The lowest BCUT2D eigenvalue weighted by atomic mass is 10.0. The number of carbonyl (C=O) groups is 1. The van der Waals surface area contributed by atoms with Crippen molar-refractivity contribution < 1.29 is 19.0 Å². The first kappa shape index (κ1) is 17.8. The van der Waals surface area contributed by atoms with Crippen LogP contribution in [0.25, 0.3) is 0 Å². The third kappa shape index (κ3) is 4.53. The highest BCUT2D eigenvalue weighted by molar-refractivity contribution is 5.83. The maximum absolute atomic E-state index is 11.9. The molecular weight excluding hydrogens is 332 g/mol. The Kier molecular flexibility index (Phi) is 5.73. The molecule has 2 aromatic rings. The third-order valence-electron chi connectivity index (χ3n) is 4.20. The molecule has 1 amide bonds. The van der Waals surface area contributed by atoms with Gasteiger partial charge in [-0.05, 0) is 66.8 Å². The molecule has 0 unspecified atom stereocenters. The summed E-state index contributed by atoms with van der Waals surface area (Å²) in [6.07, 6.45) is 3.62. The van der Waals surface area contributed by atoms with Crippen LogP contribution in [0.3, 0.4) is 0 Å². The number of carbonyl (C=O) groups excluding carboxylic acids is 1. The first-order chi connectivity index (χ1) is 12.7. The lowest BCUT2D eigenvalue weighted by Gasteiger charge is -2.07. The maximum atomic E-state index is 11.9. The first-order valence-corrected chi connectivity index (χ1v) is 8.51. The van der Waals surface area contributed by atoms with Crippen LogP contribution in [0.4, 0.5) is 0 Å². The van der Waals surface area contributed by atoms with Gasteiger partial charge < -0.3 is 14.2 Å². The number of nitrogens with one attached hydrogen (secondary N) is 1. The Morgan fingerprint density at radius 2 is 2.08 bits per heavy atom. The van der Waals surface area contributed by atoms with Crippen LogP contribution in [-0.2, 0) is 11.2 Å². The molecular formula is C20H22N2O4. The van der Waals surface area contributed by atoms with Crippen LogP contribution in [0.1, 0.15) is 29.5 Å². The SMILES string of the molecule is COc1ccc(CCCC(=O)N/N=C\c2ccc3c(c2)OCO3)c(C)c1. The highest BCUT2D eigenvalue weighted by atomic mass is 16.7. The number of ether oxygens (including phenoxy) is 3. The molecule has 1 N–H and O–H groups in total. The predicted octanol–water partition coefficient (Wildman–Crippen LogP) is 3.21. The molecule has 6 heteroatoms. The fourth-order valence-corrected chi connectivity index (χ4v) is 2.74. The fraction of sp³-hybridized carbons (Fsp3) is 0.300. The van der Waals surface area contributed by atoms with Gasteiger partial charge in [0.15, 0.2) is 11.5 Å². The minimum absolute atomic E-state index is 0.104. The highest BCUT2D eigenvalue weighted by Crippen LogP contribution is 2.31. The molecule has 136 valence electrons. The van der Waals surface area contributed by atoms with Gasteiger partial charge >= 0.3 is 0 Å². The number of benzene rings is 2. The minimum Gasteiger partial charge on any atom is -0.497 e. The smallest absolute Gasteiger partial charge is 0.240 e. The Morgan fingerprint density at radius 1 is 1.23 bits per heavy atom. The number of amides is 1. The summed E-state index contributed by atoms with van der Waals surface area (Å²) in [6, 6.07) is 11.5. The van der Waals surface area contributed by atoms with Crippen LogP contribution in [0.15, 0.2) is 41.5 Å². The summed E-state index contributed by atoms with van der Waals surface area (Å²) in [5.74, 6) is 2.16. The second kappa shape index (κ2) is 8.38. The van der Waals surface area contributed by atoms with Crippen molar-refractivity contribution in [1.29, 1.82) is 0 Å². The Labute approximate surface area is 152 Å². The lowest BCUT2D eigenvalue weighted by molar-refractivity contribution is -0.121. The lowest BCUT2D eigenvalue weighted by Crippen LogP contribution is -2.17. The minimum atomic E-state index is -0.104. The summed E-state index contributed by atoms with van der Waals surface area (Å²) in [7, 11) is 1.66. The van der Waals surface area contributed by atoms with E-state index in [9.17, 15) is 4.79 Å². The summed E-state index contributed by atoms with van der Waals surface area (Å²) in [6.45, 7) is 2.29. The zero-order chi connectivity index (χ0) is 18.4. The number of nitrogens with zero attached hydrogens (tertiary/aromatic N) is 1. The average Bonchev–Trinajstić information content (AvgIpc) is 3.11. The molecule has 1 heterocycles. The first-order valence-electron chi connectivity index (χ1n) is 8.51. The molecule has 0 aliphatic carbocycles. The monoisotopic (exact) mass is 354 g/mol. The third-order valence-corrected chi connectivity index (χ3v) is 4.20. The van der Waals surface area contributed by atoms with E-state index in [1.165, 1.54) is 11.1 Å². The van der Waals surface area contributed by atoms with E-state index < -0.39 is 0 Å². The summed E-state index contributed by atoms with van der Waals surface area (Å²) < 4.78 is 15.8. The molecule has 0 spiro atoms. The number of rotatable bonds is 7. The van der Waals surface area contributed by atoms with Gasteiger partial charge in [0.05, 0.1) is 13.3 Å². The van der Waals surface area contributed by atoms with E-state index in [4.69, 9.17) is 14.2 Å². The van der Waals surface area contributed by atoms with E-state index in [0.717, 1.165) is 29.9 Å². The number of methoxy groups -OCH3 is 1. The van der Waals surface area contributed by atoms with E-state index in [0.29, 0.717) is 12.2 Å². The Balaban J connectivity index is 1.43. The van der Waals surface area contributed by atoms with Crippen LogP contribution < -0.4 is 19.6 Å². The van der Waals surface area contributed by atoms with Gasteiger partial charge in [-0.1, -0.05) is 6.07 Å². The van der Waals surface area contributed by atoms with E-state index in [-0.39, 0.29) is 12.7 Å². The summed E-state index contributed by atoms with van der Waals surface area (Å²) in [4.78, 5) is 11.9. The van der Waals surface area contributed by atoms with Gasteiger partial charge in [-0.15, -0.1) is 0 Å². The molecule has 1 aliphatic rings. The molecule has 0 aromatic heterocycles. The van der Waals surface area contributed by atoms with Crippen molar-refractivity contribution in [2.75, 3.05) is 13.9 Å². The van der Waals surface area contributed by atoms with Gasteiger partial charge in [0.25, 0.3) is 0 Å². The van der Waals surface area contributed by atoms with Crippen LogP contribution in [0.2, 0.25) is 0 Å². The molecule has 6 nitrogen and oxygen atoms in total. The van der Waals surface area contributed by atoms with Crippen LogP contribution in [-0.4, -0.2) is 26.0 Å². The quantitative estimate of drug-likeness (QED) is 0.612. The van der Waals surface area contributed by atoms with Crippen molar-refractivity contribution in [2.45, 2.75) is 26.2 Å². The van der Waals surface area contributed by atoms with Gasteiger partial charge in [-0.2, -0.15) is 5.10 Å². The van der Waals surface area contributed by atoms with Crippen LogP contribution >= 0.6 is 0 Å². The van der Waals surface area contributed by atoms with E-state index in [2.05, 4.69) is 10.5 Å². The summed E-state index contributed by atoms with van der Waals surface area (Å²) in [5.41, 5.74) is 5.79. The summed E-state index contributed by atoms with van der Waals surface area (Å²) >= 11 is 0. The van der Waals surface area contributed by atoms with Gasteiger partial charge in [-0.3, -0.25) is 4.79 Å². The second-order valence-corrected chi connectivity index (χ2v) is 6.05. The highest BCUT2D eigenvalue weighted by Gasteiger charge is 2.12. The zero-order valence-corrected chi connectivity index (χ0v) is 15.0.